The van der Waals surface area contributed by atoms with Crippen molar-refractivity contribution < 1.29 is 42.9 Å². The number of esters is 2. The van der Waals surface area contributed by atoms with Gasteiger partial charge in [0.15, 0.2) is 6.10 Å². The Hall–Kier alpha value is -3.69. The summed E-state index contributed by atoms with van der Waals surface area (Å²) >= 11 is 17.0. The van der Waals surface area contributed by atoms with Crippen LogP contribution in [0.25, 0.3) is 17.0 Å². The number of ether oxygens (including phenoxy) is 4. The summed E-state index contributed by atoms with van der Waals surface area (Å²) in [5.41, 5.74) is 8.72. The predicted octanol–water partition coefficient (Wildman–Crippen LogP) is 5.82. The molecule has 0 spiro atoms. The number of nitrogens with zero attached hydrogens (tertiary/aromatic N) is 2. The van der Waals surface area contributed by atoms with Gasteiger partial charge < -0.3 is 30.0 Å². The van der Waals surface area contributed by atoms with Gasteiger partial charge in [-0.25, -0.2) is 10.2 Å². The van der Waals surface area contributed by atoms with E-state index in [-0.39, 0.29) is 13.2 Å². The number of hydrazine groups is 1. The van der Waals surface area contributed by atoms with Crippen LogP contribution >= 0.6 is 34.8 Å². The average molecular weight is 831 g/mol. The van der Waals surface area contributed by atoms with Crippen LogP contribution in [0, 0.1) is 11.3 Å². The topological polar surface area (TPSA) is 188 Å². The number of methoxy groups -OCH3 is 1. The Morgan fingerprint density at radius 3 is 2.27 bits per heavy atom. The molecule has 1 saturated heterocycles. The molecule has 4 N–H and O–H groups in total. The molecule has 17 heteroatoms. The van der Waals surface area contributed by atoms with Crippen LogP contribution in [-0.2, 0) is 44.5 Å². The quantitative estimate of drug-likeness (QED) is 0.125. The lowest BCUT2D eigenvalue weighted by atomic mass is 9.92. The molecule has 14 nitrogen and oxygen atoms in total. The zero-order valence-corrected chi connectivity index (χ0v) is 35.1. The molecule has 1 aliphatic heterocycles. The van der Waals surface area contributed by atoms with Gasteiger partial charge in [0.05, 0.1) is 17.5 Å². The van der Waals surface area contributed by atoms with Gasteiger partial charge >= 0.3 is 18.0 Å². The van der Waals surface area contributed by atoms with E-state index < -0.39 is 75.4 Å². The summed E-state index contributed by atoms with van der Waals surface area (Å²) < 4.78 is 18.8. The molecule has 0 saturated carbocycles. The minimum absolute atomic E-state index is 0.168. The molecule has 1 aromatic carbocycles. The maximum Gasteiger partial charge on any atom is 0.405 e. The first kappa shape index (κ1) is 47.5. The van der Waals surface area contributed by atoms with Crippen molar-refractivity contribution in [2.24, 2.45) is 17.1 Å². The summed E-state index contributed by atoms with van der Waals surface area (Å²) in [7, 11) is 1.39. The smallest absolute Gasteiger partial charge is 0.405 e. The van der Waals surface area contributed by atoms with E-state index in [1.54, 1.807) is 54.5 Å². The number of nitrogens with one attached hydrogen (secondary N) is 2. The predicted molar refractivity (Wildman–Crippen MR) is 212 cm³/mol. The van der Waals surface area contributed by atoms with Crippen molar-refractivity contribution in [2.45, 2.75) is 102 Å². The van der Waals surface area contributed by atoms with Crippen molar-refractivity contribution >= 4 is 81.6 Å². The van der Waals surface area contributed by atoms with Crippen molar-refractivity contribution in [3.63, 3.8) is 0 Å². The molecule has 1 fully saturated rings. The number of hydrogen-bond donors (Lipinski definition) is 3. The molecular weight excluding hydrogens is 777 g/mol. The van der Waals surface area contributed by atoms with Gasteiger partial charge in [0.1, 0.15) is 24.3 Å². The lowest BCUT2D eigenvalue weighted by Gasteiger charge is -2.35. The Balaban J connectivity index is 0.00000117. The zero-order valence-electron chi connectivity index (χ0n) is 32.9. The molecule has 55 heavy (non-hydrogen) atoms. The Kier molecular flexibility index (Phi) is 18.1. The monoisotopic (exact) mass is 829 g/mol. The van der Waals surface area contributed by atoms with Crippen molar-refractivity contribution in [2.75, 3.05) is 26.9 Å². The molecule has 3 unspecified atom stereocenters. The number of carbonyl (C=O) groups excluding carboxylic acids is 5. The summed E-state index contributed by atoms with van der Waals surface area (Å²) in [5, 5.41) is 4.91. The molecule has 306 valence electrons. The highest BCUT2D eigenvalue weighted by Crippen LogP contribution is 2.27. The second-order valence-corrected chi connectivity index (χ2v) is 17.3. The van der Waals surface area contributed by atoms with Crippen LogP contribution < -0.4 is 16.5 Å². The Labute approximate surface area is 338 Å². The lowest BCUT2D eigenvalue weighted by Crippen LogP contribution is -2.61. The number of benzene rings is 1. The highest BCUT2D eigenvalue weighted by atomic mass is 35.6. The highest BCUT2D eigenvalue weighted by molar-refractivity contribution is 6.67. The molecule has 0 aliphatic carbocycles. The van der Waals surface area contributed by atoms with E-state index in [2.05, 4.69) is 20.5 Å². The van der Waals surface area contributed by atoms with Crippen LogP contribution in [0.1, 0.15) is 79.5 Å². The molecular formula is C38H54Cl3N5O9. The van der Waals surface area contributed by atoms with Crippen LogP contribution in [0.3, 0.4) is 0 Å². The minimum atomic E-state index is -1.77. The van der Waals surface area contributed by atoms with Gasteiger partial charge in [-0.05, 0) is 77.5 Å². The number of aryl methyl sites for hydroxylation is 1. The molecule has 1 aromatic heterocycles. The maximum absolute atomic E-state index is 13.5. The number of pyridine rings is 1. The number of aromatic nitrogens is 1. The second kappa shape index (κ2) is 21.0. The number of hydrogen-bond acceptors (Lipinski definition) is 11. The van der Waals surface area contributed by atoms with Crippen molar-refractivity contribution in [3.05, 3.63) is 47.7 Å². The van der Waals surface area contributed by atoms with Gasteiger partial charge in [-0.1, -0.05) is 85.9 Å². The number of nitrogens with two attached hydrogens (primary N) is 1. The van der Waals surface area contributed by atoms with E-state index in [0.29, 0.717) is 12.8 Å². The third-order valence-electron chi connectivity index (χ3n) is 7.92. The maximum atomic E-state index is 13.5. The first-order chi connectivity index (χ1) is 25.5. The minimum Gasteiger partial charge on any atom is -0.460 e. The van der Waals surface area contributed by atoms with E-state index in [1.807, 2.05) is 43.3 Å². The number of fused-ring (bicyclic) bond motifs is 1. The molecule has 0 bridgehead atoms. The summed E-state index contributed by atoms with van der Waals surface area (Å²) in [6.45, 7) is 13.8. The van der Waals surface area contributed by atoms with Gasteiger partial charge in [-0.15, -0.1) is 0 Å². The van der Waals surface area contributed by atoms with Crippen molar-refractivity contribution in [1.29, 1.82) is 0 Å². The van der Waals surface area contributed by atoms with Crippen molar-refractivity contribution in [3.8, 4) is 0 Å². The van der Waals surface area contributed by atoms with Crippen LogP contribution in [0.2, 0.25) is 0 Å². The van der Waals surface area contributed by atoms with Gasteiger partial charge in [-0.2, -0.15) is 0 Å². The first-order valence-corrected chi connectivity index (χ1v) is 19.0. The summed E-state index contributed by atoms with van der Waals surface area (Å²) in [6.07, 6.45) is 3.32. The van der Waals surface area contributed by atoms with Gasteiger partial charge in [0, 0.05) is 24.7 Å². The van der Waals surface area contributed by atoms with E-state index in [9.17, 15) is 24.0 Å². The fourth-order valence-electron chi connectivity index (χ4n) is 5.06. The Morgan fingerprint density at radius 2 is 1.73 bits per heavy atom. The molecule has 3 rings (SSSR count). The number of rotatable bonds is 13. The second-order valence-electron chi connectivity index (χ2n) is 14.8. The largest absolute Gasteiger partial charge is 0.460 e. The first-order valence-electron chi connectivity index (χ1n) is 17.8. The molecule has 0 radical (unpaired) electrons. The Bertz CT molecular complexity index is 1670. The van der Waals surface area contributed by atoms with Crippen LogP contribution in [0.15, 0.2) is 36.4 Å². The standard InChI is InChI=1S/C33H43Cl3N4O7.C5H11NO2/c1-7-23-13-12-22-11-10-21(17-25(22)37-23)14-15-32(4,5)31(44)47-27(20(2)3)28(41)38-26(18-45-6)29(42)40-16-8-9-24(39-40)30(43)46-19-33(34,35)36;1-5(2,3)8-4(6)7/h10-15,17,20,24,26-27,39H,7-9,16,18-19H2,1-6H3,(H,38,41);1-3H3,(H2,6,7)/b15-14+;. The number of carbonyl (C=O) groups is 5. The molecule has 1 aliphatic rings. The van der Waals surface area contributed by atoms with Crippen molar-refractivity contribution in [1.82, 2.24) is 20.7 Å². The molecule has 2 aromatic rings. The fraction of sp³-hybridized carbons (Fsp3) is 0.579. The fourth-order valence-corrected chi connectivity index (χ4v) is 5.23. The molecule has 3 atom stereocenters. The number of alkyl halides is 3. The zero-order chi connectivity index (χ0) is 41.7. The number of amides is 3. The molecule has 2 heterocycles. The SMILES string of the molecule is CC(C)(C)OC(N)=O.CCc1ccc2ccc(/C=C/C(C)(C)C(=O)OC(C(=O)NC(COC)C(=O)N3CCCC(C(=O)OCC(Cl)(Cl)Cl)N3)C(C)C)cc2n1. The summed E-state index contributed by atoms with van der Waals surface area (Å²) in [6, 6.07) is 7.90. The lowest BCUT2D eigenvalue weighted by molar-refractivity contribution is -0.165. The summed E-state index contributed by atoms with van der Waals surface area (Å²) in [5.74, 6) is -2.93. The van der Waals surface area contributed by atoms with Gasteiger partial charge in [0.2, 0.25) is 3.79 Å². The van der Waals surface area contributed by atoms with Gasteiger partial charge in [-0.3, -0.25) is 29.2 Å². The third kappa shape index (κ3) is 16.5. The van der Waals surface area contributed by atoms with E-state index in [1.165, 1.54) is 12.1 Å². The third-order valence-corrected chi connectivity index (χ3v) is 8.25. The van der Waals surface area contributed by atoms with Crippen LogP contribution in [0.4, 0.5) is 4.79 Å². The normalized spacial score (nSPS) is 16.2. The summed E-state index contributed by atoms with van der Waals surface area (Å²) in [4.78, 5) is 67.5. The number of halogens is 3. The number of primary amides is 1. The van der Waals surface area contributed by atoms with Crippen LogP contribution in [0.5, 0.6) is 0 Å². The van der Waals surface area contributed by atoms with Crippen LogP contribution in [-0.4, -0.2) is 94.3 Å². The molecule has 3 amide bonds. The average Bonchev–Trinajstić information content (AvgIpc) is 3.09. The van der Waals surface area contributed by atoms with E-state index >= 15 is 0 Å². The van der Waals surface area contributed by atoms with E-state index in [4.69, 9.17) is 54.7 Å². The Morgan fingerprint density at radius 1 is 1.07 bits per heavy atom. The van der Waals surface area contributed by atoms with Gasteiger partial charge in [0.25, 0.3) is 11.8 Å². The highest BCUT2D eigenvalue weighted by Gasteiger charge is 2.38. The van der Waals surface area contributed by atoms with E-state index in [0.717, 1.165) is 28.6 Å².